The van der Waals surface area contributed by atoms with Crippen molar-refractivity contribution in [3.05, 3.63) is 41.7 Å². The Morgan fingerprint density at radius 1 is 1.09 bits per heavy atom. The van der Waals surface area contributed by atoms with Crippen LogP contribution in [0.2, 0.25) is 0 Å². The minimum Gasteiger partial charge on any atom is -0.228 e. The summed E-state index contributed by atoms with van der Waals surface area (Å²) in [4.78, 5) is 1.40. The van der Waals surface area contributed by atoms with Crippen LogP contribution in [0.5, 0.6) is 0 Å². The summed E-state index contributed by atoms with van der Waals surface area (Å²) in [6, 6.07) is 9.17. The lowest BCUT2D eigenvalue weighted by Gasteiger charge is -2.03. The number of hydrogen-bond donors (Lipinski definition) is 1. The summed E-state index contributed by atoms with van der Waals surface area (Å²) in [6.45, 7) is 1.59. The second-order valence-corrected chi connectivity index (χ2v) is 9.15. The number of aryl methyl sites for hydroxylation is 1. The van der Waals surface area contributed by atoms with Crippen LogP contribution in [0.4, 0.5) is 0 Å². The van der Waals surface area contributed by atoms with Gasteiger partial charge < -0.3 is 0 Å². The number of nitrogens with one attached hydrogen (secondary N) is 1. The third-order valence-corrected chi connectivity index (χ3v) is 6.23. The summed E-state index contributed by atoms with van der Waals surface area (Å²) in [5, 5.41) is 7.46. The van der Waals surface area contributed by atoms with Gasteiger partial charge in [-0.3, -0.25) is 0 Å². The SMILES string of the molecule is Cc1nn(-c2ccccc2)nc1CNS(=O)(=O)CS(C)(=O)=O. The van der Waals surface area contributed by atoms with Gasteiger partial charge in [0, 0.05) is 6.26 Å². The number of hydrogen-bond acceptors (Lipinski definition) is 6. The molecule has 0 aliphatic heterocycles. The standard InChI is InChI=1S/C12H16N4O4S2/c1-10-12(8-13-22(19,20)9-21(2,17)18)15-16(14-10)11-6-4-3-5-7-11/h3-7,13H,8-9H2,1-2H3. The normalized spacial score (nSPS) is 12.5. The summed E-state index contributed by atoms with van der Waals surface area (Å²) < 4.78 is 47.7. The fourth-order valence-electron chi connectivity index (χ4n) is 1.75. The van der Waals surface area contributed by atoms with E-state index in [-0.39, 0.29) is 6.54 Å². The van der Waals surface area contributed by atoms with E-state index in [1.54, 1.807) is 6.92 Å². The van der Waals surface area contributed by atoms with Crippen molar-refractivity contribution in [2.24, 2.45) is 0 Å². The van der Waals surface area contributed by atoms with E-state index in [4.69, 9.17) is 0 Å². The zero-order valence-electron chi connectivity index (χ0n) is 12.1. The van der Waals surface area contributed by atoms with Crippen molar-refractivity contribution in [2.45, 2.75) is 13.5 Å². The molecule has 0 saturated carbocycles. The van der Waals surface area contributed by atoms with E-state index in [0.29, 0.717) is 11.4 Å². The molecule has 0 bridgehead atoms. The summed E-state index contributed by atoms with van der Waals surface area (Å²) in [5.74, 6) is 0. The van der Waals surface area contributed by atoms with Gasteiger partial charge in [0.25, 0.3) is 0 Å². The topological polar surface area (TPSA) is 111 Å². The largest absolute Gasteiger partial charge is 0.228 e. The number of sulfonamides is 1. The third kappa shape index (κ3) is 4.61. The first kappa shape index (κ1) is 16.6. The number of nitrogens with zero attached hydrogens (tertiary/aromatic N) is 3. The van der Waals surface area contributed by atoms with E-state index >= 15 is 0 Å². The highest BCUT2D eigenvalue weighted by Gasteiger charge is 2.19. The van der Waals surface area contributed by atoms with Crippen molar-refractivity contribution in [2.75, 3.05) is 11.3 Å². The average molecular weight is 344 g/mol. The van der Waals surface area contributed by atoms with Gasteiger partial charge in [0.2, 0.25) is 10.0 Å². The maximum absolute atomic E-state index is 11.7. The molecule has 2 rings (SSSR count). The van der Waals surface area contributed by atoms with Crippen molar-refractivity contribution < 1.29 is 16.8 Å². The first-order chi connectivity index (χ1) is 10.2. The second-order valence-electron chi connectivity index (χ2n) is 4.84. The highest BCUT2D eigenvalue weighted by molar-refractivity contribution is 8.06. The first-order valence-electron chi connectivity index (χ1n) is 6.30. The van der Waals surface area contributed by atoms with Gasteiger partial charge in [-0.05, 0) is 19.1 Å². The molecule has 10 heteroatoms. The monoisotopic (exact) mass is 344 g/mol. The van der Waals surface area contributed by atoms with Gasteiger partial charge in [-0.15, -0.1) is 0 Å². The Morgan fingerprint density at radius 2 is 1.73 bits per heavy atom. The van der Waals surface area contributed by atoms with Crippen molar-refractivity contribution in [3.8, 4) is 5.69 Å². The lowest BCUT2D eigenvalue weighted by Crippen LogP contribution is -2.29. The molecule has 120 valence electrons. The molecule has 0 unspecified atom stereocenters. The Bertz CT molecular complexity index is 858. The molecule has 8 nitrogen and oxygen atoms in total. The molecule has 0 radical (unpaired) electrons. The Labute approximate surface area is 129 Å². The van der Waals surface area contributed by atoms with Crippen LogP contribution in [0.1, 0.15) is 11.4 Å². The third-order valence-electron chi connectivity index (χ3n) is 2.69. The first-order valence-corrected chi connectivity index (χ1v) is 10.0. The summed E-state index contributed by atoms with van der Waals surface area (Å²) in [6.07, 6.45) is 0.864. The van der Waals surface area contributed by atoms with Crippen LogP contribution in [0, 0.1) is 6.92 Å². The molecule has 0 aliphatic carbocycles. The van der Waals surface area contributed by atoms with Crippen molar-refractivity contribution in [1.82, 2.24) is 19.7 Å². The van der Waals surface area contributed by atoms with Crippen LogP contribution in [0.25, 0.3) is 5.69 Å². The number of benzene rings is 1. The molecule has 0 aliphatic rings. The van der Waals surface area contributed by atoms with Gasteiger partial charge in [-0.25, -0.2) is 21.6 Å². The maximum Gasteiger partial charge on any atom is 0.226 e. The van der Waals surface area contributed by atoms with Crippen LogP contribution in [0.15, 0.2) is 30.3 Å². The molecule has 0 fully saturated rings. The quantitative estimate of drug-likeness (QED) is 0.789. The molecular weight excluding hydrogens is 328 g/mol. The predicted octanol–water partition coefficient (Wildman–Crippen LogP) is -0.00278. The zero-order chi connectivity index (χ0) is 16.4. The van der Waals surface area contributed by atoms with Crippen LogP contribution < -0.4 is 4.72 Å². The summed E-state index contributed by atoms with van der Waals surface area (Å²) in [7, 11) is -7.55. The maximum atomic E-state index is 11.7. The summed E-state index contributed by atoms with van der Waals surface area (Å²) >= 11 is 0. The van der Waals surface area contributed by atoms with Gasteiger partial charge >= 0.3 is 0 Å². The fourth-order valence-corrected chi connectivity index (χ4v) is 4.70. The zero-order valence-corrected chi connectivity index (χ0v) is 13.7. The molecule has 22 heavy (non-hydrogen) atoms. The van der Waals surface area contributed by atoms with E-state index in [1.165, 1.54) is 4.80 Å². The molecule has 1 heterocycles. The Balaban J connectivity index is 2.13. The highest BCUT2D eigenvalue weighted by Crippen LogP contribution is 2.08. The summed E-state index contributed by atoms with van der Waals surface area (Å²) in [5.41, 5.74) is 1.74. The molecular formula is C12H16N4O4S2. The number of rotatable bonds is 6. The lowest BCUT2D eigenvalue weighted by atomic mass is 10.3. The fraction of sp³-hybridized carbons (Fsp3) is 0.333. The Morgan fingerprint density at radius 3 is 2.32 bits per heavy atom. The molecule has 1 aromatic carbocycles. The molecule has 1 N–H and O–H groups in total. The van der Waals surface area contributed by atoms with Crippen LogP contribution in [-0.4, -0.2) is 43.2 Å². The van der Waals surface area contributed by atoms with Gasteiger partial charge in [0.1, 0.15) is 5.69 Å². The minimum absolute atomic E-state index is 0.115. The molecule has 2 aromatic rings. The highest BCUT2D eigenvalue weighted by atomic mass is 32.3. The molecule has 1 aromatic heterocycles. The average Bonchev–Trinajstić information content (AvgIpc) is 2.76. The van der Waals surface area contributed by atoms with Crippen molar-refractivity contribution in [1.29, 1.82) is 0 Å². The number of para-hydroxylation sites is 1. The van der Waals surface area contributed by atoms with Crippen LogP contribution >= 0.6 is 0 Å². The van der Waals surface area contributed by atoms with Crippen LogP contribution in [0.3, 0.4) is 0 Å². The van der Waals surface area contributed by atoms with Gasteiger partial charge in [0.15, 0.2) is 14.9 Å². The molecule has 0 atom stereocenters. The molecule has 0 saturated heterocycles. The number of aromatic nitrogens is 3. The Kier molecular flexibility index (Phi) is 4.63. The van der Waals surface area contributed by atoms with Crippen molar-refractivity contribution >= 4 is 19.9 Å². The lowest BCUT2D eigenvalue weighted by molar-refractivity contribution is 0.579. The van der Waals surface area contributed by atoms with E-state index in [2.05, 4.69) is 14.9 Å². The second kappa shape index (κ2) is 6.15. The van der Waals surface area contributed by atoms with Crippen molar-refractivity contribution in [3.63, 3.8) is 0 Å². The van der Waals surface area contributed by atoms with E-state index in [0.717, 1.165) is 11.9 Å². The molecule has 0 amide bonds. The number of sulfone groups is 1. The predicted molar refractivity (Wildman–Crippen MR) is 81.6 cm³/mol. The van der Waals surface area contributed by atoms with Gasteiger partial charge in [-0.2, -0.15) is 15.0 Å². The van der Waals surface area contributed by atoms with Crippen LogP contribution in [-0.2, 0) is 26.4 Å². The van der Waals surface area contributed by atoms with Gasteiger partial charge in [-0.1, -0.05) is 18.2 Å². The van der Waals surface area contributed by atoms with E-state index in [9.17, 15) is 16.8 Å². The minimum atomic E-state index is -3.92. The smallest absolute Gasteiger partial charge is 0.226 e. The van der Waals surface area contributed by atoms with E-state index in [1.807, 2.05) is 30.3 Å². The molecule has 0 spiro atoms. The van der Waals surface area contributed by atoms with Gasteiger partial charge in [0.05, 0.1) is 17.9 Å². The van der Waals surface area contributed by atoms with E-state index < -0.39 is 24.9 Å². The Hall–Kier alpha value is -1.78.